The van der Waals surface area contributed by atoms with Crippen molar-refractivity contribution in [3.8, 4) is 11.5 Å². The Morgan fingerprint density at radius 2 is 1.55 bits per heavy atom. The molecule has 0 unspecified atom stereocenters. The Balaban J connectivity index is 2.09. The Kier molecular flexibility index (Phi) is 8.09. The highest BCUT2D eigenvalue weighted by Gasteiger charge is 2.22. The predicted octanol–water partition coefficient (Wildman–Crippen LogP) is 4.06. The van der Waals surface area contributed by atoms with Gasteiger partial charge in [0.25, 0.3) is 5.91 Å². The first-order chi connectivity index (χ1) is 13.8. The molecule has 0 aromatic heterocycles. The van der Waals surface area contributed by atoms with Crippen LogP contribution in [0.3, 0.4) is 0 Å². The average molecular weight is 400 g/mol. The number of hydrogen-bond acceptors (Lipinski definition) is 3. The molecule has 0 aliphatic heterocycles. The minimum Gasteiger partial charge on any atom is -0.490 e. The van der Waals surface area contributed by atoms with Crippen LogP contribution in [0.5, 0.6) is 11.5 Å². The van der Waals surface area contributed by atoms with Crippen molar-refractivity contribution < 1.29 is 19.6 Å². The van der Waals surface area contributed by atoms with Crippen LogP contribution in [0.4, 0.5) is 5.69 Å². The van der Waals surface area contributed by atoms with E-state index in [0.717, 1.165) is 33.9 Å². The summed E-state index contributed by atoms with van der Waals surface area (Å²) in [4.78, 5) is 12.8. The van der Waals surface area contributed by atoms with Crippen molar-refractivity contribution in [2.24, 2.45) is 0 Å². The molecule has 0 fully saturated rings. The highest BCUT2D eigenvalue weighted by atomic mass is 16.5. The number of nitrogens with one attached hydrogen (secondary N) is 1. The third-order valence-electron chi connectivity index (χ3n) is 5.01. The number of amides is 1. The van der Waals surface area contributed by atoms with E-state index in [1.54, 1.807) is 0 Å². The van der Waals surface area contributed by atoms with Crippen LogP contribution in [0.15, 0.2) is 30.3 Å². The van der Waals surface area contributed by atoms with Crippen LogP contribution in [-0.4, -0.2) is 25.2 Å². The van der Waals surface area contributed by atoms with Crippen LogP contribution in [0, 0.1) is 20.8 Å². The van der Waals surface area contributed by atoms with Gasteiger partial charge in [0.2, 0.25) is 0 Å². The average Bonchev–Trinajstić information content (AvgIpc) is 2.66. The second-order valence-corrected chi connectivity index (χ2v) is 7.60. The molecule has 0 spiro atoms. The molecule has 2 rings (SSSR count). The number of quaternary nitrogens is 1. The molecule has 0 aliphatic rings. The van der Waals surface area contributed by atoms with Crippen LogP contribution < -0.4 is 20.1 Å². The monoisotopic (exact) mass is 399 g/mol. The standard InChI is InChI=1S/C24H34N2O3/c1-8-28-21-11-10-20(14-22(21)29-9-2)18(6)25-19(7)24(27)26-23-16(4)12-15(3)13-17(23)5/h10-14,18-19,25H,8-9H2,1-7H3,(H,26,27)/p+1/t18-,19-/m0/s1. The summed E-state index contributed by atoms with van der Waals surface area (Å²) >= 11 is 0. The Hall–Kier alpha value is -2.53. The van der Waals surface area contributed by atoms with E-state index in [1.807, 2.05) is 52.8 Å². The van der Waals surface area contributed by atoms with E-state index in [1.165, 1.54) is 5.56 Å². The quantitative estimate of drug-likeness (QED) is 0.668. The second kappa shape index (κ2) is 10.3. The maximum atomic E-state index is 12.8. The molecule has 29 heavy (non-hydrogen) atoms. The lowest BCUT2D eigenvalue weighted by molar-refractivity contribution is -0.709. The first kappa shape index (κ1) is 22.8. The van der Waals surface area contributed by atoms with Gasteiger partial charge in [-0.1, -0.05) is 17.7 Å². The van der Waals surface area contributed by atoms with Crippen LogP contribution in [0.1, 0.15) is 56.0 Å². The lowest BCUT2D eigenvalue weighted by Gasteiger charge is -2.20. The molecule has 158 valence electrons. The van der Waals surface area contributed by atoms with Crippen LogP contribution >= 0.6 is 0 Å². The minimum atomic E-state index is -0.229. The third kappa shape index (κ3) is 5.97. The van der Waals surface area contributed by atoms with E-state index in [2.05, 4.69) is 36.6 Å². The maximum absolute atomic E-state index is 12.8. The SMILES string of the molecule is CCOc1ccc([C@H](C)[NH2+][C@@H](C)C(=O)Nc2c(C)cc(C)cc2C)cc1OCC. The molecule has 0 bridgehead atoms. The number of rotatable bonds is 9. The smallest absolute Gasteiger partial charge is 0.282 e. The zero-order valence-electron chi connectivity index (χ0n) is 18.8. The van der Waals surface area contributed by atoms with Gasteiger partial charge < -0.3 is 20.1 Å². The molecular weight excluding hydrogens is 364 g/mol. The number of carbonyl (C=O) groups is 1. The molecule has 0 heterocycles. The minimum absolute atomic E-state index is 0.00266. The largest absolute Gasteiger partial charge is 0.490 e. The molecule has 5 heteroatoms. The van der Waals surface area contributed by atoms with E-state index in [9.17, 15) is 4.79 Å². The third-order valence-corrected chi connectivity index (χ3v) is 5.01. The molecule has 0 saturated heterocycles. The van der Waals surface area contributed by atoms with Gasteiger partial charge >= 0.3 is 0 Å². The molecule has 0 radical (unpaired) electrons. The molecule has 2 aromatic rings. The van der Waals surface area contributed by atoms with Gasteiger partial charge in [-0.25, -0.2) is 0 Å². The van der Waals surface area contributed by atoms with Gasteiger partial charge in [0.15, 0.2) is 17.5 Å². The van der Waals surface area contributed by atoms with Crippen molar-refractivity contribution in [3.05, 3.63) is 52.6 Å². The fraction of sp³-hybridized carbons (Fsp3) is 0.458. The van der Waals surface area contributed by atoms with E-state index >= 15 is 0 Å². The number of benzene rings is 2. The molecule has 1 amide bonds. The fourth-order valence-electron chi connectivity index (χ4n) is 3.60. The van der Waals surface area contributed by atoms with E-state index in [-0.39, 0.29) is 18.0 Å². The molecule has 2 aromatic carbocycles. The number of carbonyl (C=O) groups excluding carboxylic acids is 1. The highest BCUT2D eigenvalue weighted by molar-refractivity contribution is 5.95. The van der Waals surface area contributed by atoms with Gasteiger partial charge in [0.05, 0.1) is 13.2 Å². The molecular formula is C24H35N2O3+. The molecule has 5 nitrogen and oxygen atoms in total. The van der Waals surface area contributed by atoms with Crippen molar-refractivity contribution in [1.82, 2.24) is 0 Å². The lowest BCUT2D eigenvalue weighted by Crippen LogP contribution is -2.91. The Morgan fingerprint density at radius 3 is 2.14 bits per heavy atom. The summed E-state index contributed by atoms with van der Waals surface area (Å²) in [7, 11) is 0. The maximum Gasteiger partial charge on any atom is 0.282 e. The highest BCUT2D eigenvalue weighted by Crippen LogP contribution is 2.30. The van der Waals surface area contributed by atoms with Gasteiger partial charge in [-0.3, -0.25) is 4.79 Å². The van der Waals surface area contributed by atoms with E-state index in [0.29, 0.717) is 13.2 Å². The van der Waals surface area contributed by atoms with Gasteiger partial charge in [-0.2, -0.15) is 0 Å². The summed E-state index contributed by atoms with van der Waals surface area (Å²) in [6.45, 7) is 15.2. The summed E-state index contributed by atoms with van der Waals surface area (Å²) in [6, 6.07) is 10.0. The van der Waals surface area contributed by atoms with Gasteiger partial charge in [0.1, 0.15) is 6.04 Å². The zero-order valence-corrected chi connectivity index (χ0v) is 18.8. The normalized spacial score (nSPS) is 12.9. The predicted molar refractivity (Wildman–Crippen MR) is 118 cm³/mol. The topological polar surface area (TPSA) is 64.2 Å². The van der Waals surface area contributed by atoms with Crippen molar-refractivity contribution in [2.75, 3.05) is 18.5 Å². The zero-order chi connectivity index (χ0) is 21.6. The van der Waals surface area contributed by atoms with E-state index in [4.69, 9.17) is 9.47 Å². The summed E-state index contributed by atoms with van der Waals surface area (Å²) in [6.07, 6.45) is 0. The van der Waals surface area contributed by atoms with Gasteiger partial charge in [-0.15, -0.1) is 0 Å². The molecule has 0 aliphatic carbocycles. The van der Waals surface area contributed by atoms with Crippen molar-refractivity contribution >= 4 is 11.6 Å². The molecule has 0 saturated carbocycles. The number of aryl methyl sites for hydroxylation is 3. The Morgan fingerprint density at radius 1 is 0.966 bits per heavy atom. The van der Waals surface area contributed by atoms with Crippen LogP contribution in [0.2, 0.25) is 0 Å². The molecule has 3 N–H and O–H groups in total. The first-order valence-corrected chi connectivity index (χ1v) is 10.4. The number of ether oxygens (including phenoxy) is 2. The van der Waals surface area contributed by atoms with Crippen LogP contribution in [-0.2, 0) is 4.79 Å². The van der Waals surface area contributed by atoms with Crippen molar-refractivity contribution in [3.63, 3.8) is 0 Å². The number of anilines is 1. The fourth-order valence-corrected chi connectivity index (χ4v) is 3.60. The summed E-state index contributed by atoms with van der Waals surface area (Å²) in [5.74, 6) is 1.50. The van der Waals surface area contributed by atoms with Crippen molar-refractivity contribution in [2.45, 2.75) is 60.5 Å². The second-order valence-electron chi connectivity index (χ2n) is 7.60. The first-order valence-electron chi connectivity index (χ1n) is 10.4. The summed E-state index contributed by atoms with van der Waals surface area (Å²) < 4.78 is 11.4. The van der Waals surface area contributed by atoms with Crippen LogP contribution in [0.25, 0.3) is 0 Å². The Labute approximate surface area is 174 Å². The van der Waals surface area contributed by atoms with Crippen molar-refractivity contribution in [1.29, 1.82) is 0 Å². The van der Waals surface area contributed by atoms with Gasteiger partial charge in [0, 0.05) is 11.3 Å². The number of nitrogens with two attached hydrogens (primary N) is 1. The summed E-state index contributed by atoms with van der Waals surface area (Å²) in [5.41, 5.74) is 5.38. The Bertz CT molecular complexity index is 825. The number of hydrogen-bond donors (Lipinski definition) is 2. The molecule has 2 atom stereocenters. The summed E-state index contributed by atoms with van der Waals surface area (Å²) in [5, 5.41) is 5.17. The van der Waals surface area contributed by atoms with E-state index < -0.39 is 0 Å². The lowest BCUT2D eigenvalue weighted by atomic mass is 10.0. The van der Waals surface area contributed by atoms with Gasteiger partial charge in [-0.05, 0) is 77.8 Å².